The van der Waals surface area contributed by atoms with E-state index >= 15 is 0 Å². The SMILES string of the molecule is Clc1cc(Cl)c(CN2CCCC3CCCCC32)cn1. The molecule has 1 aliphatic carbocycles. The van der Waals surface area contributed by atoms with E-state index in [1.807, 2.05) is 6.20 Å². The molecular weight excluding hydrogens is 279 g/mol. The molecule has 1 saturated carbocycles. The van der Waals surface area contributed by atoms with Crippen LogP contribution in [0.1, 0.15) is 44.1 Å². The number of hydrogen-bond acceptors (Lipinski definition) is 2. The van der Waals surface area contributed by atoms with Crippen LogP contribution in [0.25, 0.3) is 0 Å². The summed E-state index contributed by atoms with van der Waals surface area (Å²) in [4.78, 5) is 6.78. The Hall–Kier alpha value is -0.310. The van der Waals surface area contributed by atoms with Gasteiger partial charge in [-0.15, -0.1) is 0 Å². The Morgan fingerprint density at radius 3 is 2.79 bits per heavy atom. The van der Waals surface area contributed by atoms with Crippen molar-refractivity contribution < 1.29 is 0 Å². The van der Waals surface area contributed by atoms with E-state index in [2.05, 4.69) is 9.88 Å². The van der Waals surface area contributed by atoms with Crippen molar-refractivity contribution in [1.82, 2.24) is 9.88 Å². The van der Waals surface area contributed by atoms with Gasteiger partial charge >= 0.3 is 0 Å². The van der Waals surface area contributed by atoms with E-state index in [1.165, 1.54) is 45.1 Å². The van der Waals surface area contributed by atoms with Crippen molar-refractivity contribution in [2.24, 2.45) is 5.92 Å². The second-order valence-electron chi connectivity index (χ2n) is 5.82. The summed E-state index contributed by atoms with van der Waals surface area (Å²) >= 11 is 12.1. The summed E-state index contributed by atoms with van der Waals surface area (Å²) in [6.07, 6.45) is 10.1. The van der Waals surface area contributed by atoms with E-state index in [-0.39, 0.29) is 0 Å². The van der Waals surface area contributed by atoms with E-state index in [1.54, 1.807) is 6.07 Å². The maximum Gasteiger partial charge on any atom is 0.130 e. The zero-order chi connectivity index (χ0) is 13.2. The molecule has 3 rings (SSSR count). The highest BCUT2D eigenvalue weighted by Crippen LogP contribution is 2.36. The highest BCUT2D eigenvalue weighted by Gasteiger charge is 2.33. The van der Waals surface area contributed by atoms with Crippen molar-refractivity contribution >= 4 is 23.2 Å². The molecule has 2 fully saturated rings. The maximum atomic E-state index is 6.27. The third kappa shape index (κ3) is 3.07. The zero-order valence-corrected chi connectivity index (χ0v) is 12.6. The molecule has 4 heteroatoms. The van der Waals surface area contributed by atoms with E-state index in [0.29, 0.717) is 5.15 Å². The number of pyridine rings is 1. The van der Waals surface area contributed by atoms with Crippen molar-refractivity contribution in [2.75, 3.05) is 6.54 Å². The Morgan fingerprint density at radius 1 is 1.16 bits per heavy atom. The second kappa shape index (κ2) is 5.99. The highest BCUT2D eigenvalue weighted by molar-refractivity contribution is 6.34. The normalized spacial score (nSPS) is 28.1. The Balaban J connectivity index is 1.74. The van der Waals surface area contributed by atoms with Crippen LogP contribution in [0.4, 0.5) is 0 Å². The van der Waals surface area contributed by atoms with Gasteiger partial charge in [0.2, 0.25) is 0 Å². The predicted octanol–water partition coefficient (Wildman–Crippen LogP) is 4.54. The van der Waals surface area contributed by atoms with E-state index in [9.17, 15) is 0 Å². The molecule has 19 heavy (non-hydrogen) atoms. The molecule has 0 aromatic carbocycles. The van der Waals surface area contributed by atoms with Gasteiger partial charge in [0.15, 0.2) is 0 Å². The van der Waals surface area contributed by atoms with Crippen molar-refractivity contribution in [3.8, 4) is 0 Å². The Morgan fingerprint density at radius 2 is 1.95 bits per heavy atom. The van der Waals surface area contributed by atoms with Gasteiger partial charge in [0.1, 0.15) is 5.15 Å². The number of fused-ring (bicyclic) bond motifs is 1. The first-order valence-electron chi connectivity index (χ1n) is 7.28. The first-order valence-corrected chi connectivity index (χ1v) is 8.03. The molecule has 1 aromatic heterocycles. The minimum atomic E-state index is 0.475. The van der Waals surface area contributed by atoms with Gasteiger partial charge in [0.05, 0.1) is 0 Å². The standard InChI is InChI=1S/C15H20Cl2N2/c16-13-8-15(17)18-9-12(13)10-19-7-3-5-11-4-1-2-6-14(11)19/h8-9,11,14H,1-7,10H2. The van der Waals surface area contributed by atoms with Gasteiger partial charge in [-0.3, -0.25) is 4.90 Å². The third-order valence-corrected chi connectivity index (χ3v) is 5.19. The quantitative estimate of drug-likeness (QED) is 0.745. The molecule has 0 spiro atoms. The number of rotatable bonds is 2. The largest absolute Gasteiger partial charge is 0.296 e. The van der Waals surface area contributed by atoms with Crippen LogP contribution in [0.3, 0.4) is 0 Å². The molecule has 0 amide bonds. The molecule has 2 unspecified atom stereocenters. The highest BCUT2D eigenvalue weighted by atomic mass is 35.5. The molecule has 2 aliphatic rings. The molecule has 1 saturated heterocycles. The molecule has 2 heterocycles. The summed E-state index contributed by atoms with van der Waals surface area (Å²) in [7, 11) is 0. The molecule has 0 radical (unpaired) electrons. The maximum absolute atomic E-state index is 6.27. The molecule has 2 nitrogen and oxygen atoms in total. The summed E-state index contributed by atoms with van der Waals surface area (Å²) in [6, 6.07) is 2.51. The van der Waals surface area contributed by atoms with E-state index < -0.39 is 0 Å². The molecule has 0 N–H and O–H groups in total. The predicted molar refractivity (Wildman–Crippen MR) is 79.6 cm³/mol. The lowest BCUT2D eigenvalue weighted by molar-refractivity contribution is 0.0546. The van der Waals surface area contributed by atoms with Gasteiger partial charge in [-0.05, 0) is 44.2 Å². The third-order valence-electron chi connectivity index (χ3n) is 4.63. The molecular formula is C15H20Cl2N2. The summed E-state index contributed by atoms with van der Waals surface area (Å²) in [5.74, 6) is 0.904. The Kier molecular flexibility index (Phi) is 4.30. The average Bonchev–Trinajstić information content (AvgIpc) is 2.42. The van der Waals surface area contributed by atoms with Gasteiger partial charge in [-0.2, -0.15) is 0 Å². The van der Waals surface area contributed by atoms with Crippen LogP contribution in [0.2, 0.25) is 10.2 Å². The van der Waals surface area contributed by atoms with Crippen LogP contribution in [-0.2, 0) is 6.54 Å². The van der Waals surface area contributed by atoms with Crippen LogP contribution in [0, 0.1) is 5.92 Å². The van der Waals surface area contributed by atoms with Crippen LogP contribution < -0.4 is 0 Å². The van der Waals surface area contributed by atoms with Gasteiger partial charge in [-0.25, -0.2) is 4.98 Å². The number of halogens is 2. The first-order chi connectivity index (χ1) is 9.24. The Labute approximate surface area is 125 Å². The minimum Gasteiger partial charge on any atom is -0.296 e. The van der Waals surface area contributed by atoms with Crippen LogP contribution >= 0.6 is 23.2 Å². The van der Waals surface area contributed by atoms with Crippen molar-refractivity contribution in [1.29, 1.82) is 0 Å². The van der Waals surface area contributed by atoms with Crippen molar-refractivity contribution in [3.05, 3.63) is 28.0 Å². The topological polar surface area (TPSA) is 16.1 Å². The summed E-state index contributed by atoms with van der Waals surface area (Å²) in [5, 5.41) is 1.22. The van der Waals surface area contributed by atoms with E-state index in [0.717, 1.165) is 29.1 Å². The average molecular weight is 299 g/mol. The van der Waals surface area contributed by atoms with Crippen LogP contribution in [0.15, 0.2) is 12.3 Å². The number of nitrogens with zero attached hydrogens (tertiary/aromatic N) is 2. The van der Waals surface area contributed by atoms with Crippen LogP contribution in [0.5, 0.6) is 0 Å². The second-order valence-corrected chi connectivity index (χ2v) is 6.62. The fourth-order valence-corrected chi connectivity index (χ4v) is 4.12. The molecule has 2 atom stereocenters. The fraction of sp³-hybridized carbons (Fsp3) is 0.667. The summed E-state index contributed by atoms with van der Waals surface area (Å²) < 4.78 is 0. The summed E-state index contributed by atoms with van der Waals surface area (Å²) in [5.41, 5.74) is 1.11. The molecule has 104 valence electrons. The molecule has 1 aliphatic heterocycles. The fourth-order valence-electron chi connectivity index (χ4n) is 3.70. The lowest BCUT2D eigenvalue weighted by Gasteiger charge is -2.44. The molecule has 0 bridgehead atoms. The molecule has 1 aromatic rings. The van der Waals surface area contributed by atoms with E-state index in [4.69, 9.17) is 23.2 Å². The van der Waals surface area contributed by atoms with Gasteiger partial charge < -0.3 is 0 Å². The first kappa shape index (κ1) is 13.7. The smallest absolute Gasteiger partial charge is 0.130 e. The van der Waals surface area contributed by atoms with Crippen molar-refractivity contribution in [2.45, 2.75) is 51.1 Å². The number of likely N-dealkylation sites (tertiary alicyclic amines) is 1. The van der Waals surface area contributed by atoms with Gasteiger partial charge in [0, 0.05) is 29.4 Å². The minimum absolute atomic E-state index is 0.475. The number of aromatic nitrogens is 1. The van der Waals surface area contributed by atoms with Crippen molar-refractivity contribution in [3.63, 3.8) is 0 Å². The lowest BCUT2D eigenvalue weighted by Crippen LogP contribution is -2.46. The van der Waals surface area contributed by atoms with Gasteiger partial charge in [0.25, 0.3) is 0 Å². The van der Waals surface area contributed by atoms with Crippen LogP contribution in [-0.4, -0.2) is 22.5 Å². The Bertz CT molecular complexity index is 448. The van der Waals surface area contributed by atoms with Gasteiger partial charge in [-0.1, -0.05) is 36.0 Å². The number of hydrogen-bond donors (Lipinski definition) is 0. The lowest BCUT2D eigenvalue weighted by atomic mass is 9.78. The number of piperidine rings is 1. The summed E-state index contributed by atoms with van der Waals surface area (Å²) in [6.45, 7) is 2.12. The monoisotopic (exact) mass is 298 g/mol. The zero-order valence-electron chi connectivity index (χ0n) is 11.1.